The van der Waals surface area contributed by atoms with Gasteiger partial charge in [0.1, 0.15) is 11.6 Å². The number of carbonyl (C=O) groups is 1. The Morgan fingerprint density at radius 3 is 2.72 bits per heavy atom. The van der Waals surface area contributed by atoms with Crippen molar-refractivity contribution >= 4 is 34.8 Å². The zero-order valence-corrected chi connectivity index (χ0v) is 11.4. The lowest BCUT2D eigenvalue weighted by molar-refractivity contribution is -0.113. The van der Waals surface area contributed by atoms with Gasteiger partial charge < -0.3 is 10.1 Å². The average Bonchev–Trinajstić information content (AvgIpc) is 2.85. The van der Waals surface area contributed by atoms with Gasteiger partial charge in [-0.05, 0) is 43.9 Å². The predicted octanol–water partition coefficient (Wildman–Crippen LogP) is 3.84. The van der Waals surface area contributed by atoms with E-state index in [1.807, 2.05) is 0 Å². The normalized spacial score (nSPS) is 15.7. The van der Waals surface area contributed by atoms with Gasteiger partial charge in [0, 0.05) is 5.69 Å². The zero-order chi connectivity index (χ0) is 13.0. The largest absolute Gasteiger partial charge is 0.489 e. The Bertz CT molecular complexity index is 431. The highest BCUT2D eigenvalue weighted by Gasteiger charge is 2.17. The molecule has 1 aliphatic carbocycles. The highest BCUT2D eigenvalue weighted by atomic mass is 35.5. The van der Waals surface area contributed by atoms with Gasteiger partial charge in [0.05, 0.1) is 11.1 Å². The number of amides is 1. The van der Waals surface area contributed by atoms with Gasteiger partial charge in [-0.1, -0.05) is 11.6 Å². The van der Waals surface area contributed by atoms with Crippen LogP contribution in [0.3, 0.4) is 0 Å². The minimum atomic E-state index is -0.253. The lowest BCUT2D eigenvalue weighted by atomic mass is 10.2. The van der Waals surface area contributed by atoms with Gasteiger partial charge in [0.25, 0.3) is 0 Å². The first-order chi connectivity index (χ1) is 8.69. The van der Waals surface area contributed by atoms with Crippen molar-refractivity contribution in [2.75, 3.05) is 11.2 Å². The molecule has 1 aromatic rings. The summed E-state index contributed by atoms with van der Waals surface area (Å²) < 4.78 is 5.82. The summed E-state index contributed by atoms with van der Waals surface area (Å²) in [6.07, 6.45) is 4.87. The van der Waals surface area contributed by atoms with Gasteiger partial charge >= 0.3 is 0 Å². The molecule has 0 bridgehead atoms. The molecule has 1 saturated carbocycles. The summed E-state index contributed by atoms with van der Waals surface area (Å²) in [4.78, 5) is 11.1. The van der Waals surface area contributed by atoms with Crippen molar-refractivity contribution in [3.8, 4) is 5.75 Å². The standard InChI is InChI=1S/C13H15Cl2NO2/c14-8-13(17)16-9-5-6-12(11(15)7-9)18-10-3-1-2-4-10/h5-7,10H,1-4,8H2,(H,16,17). The molecule has 5 heteroatoms. The number of ether oxygens (including phenoxy) is 1. The Morgan fingerprint density at radius 2 is 2.11 bits per heavy atom. The van der Waals surface area contributed by atoms with E-state index in [1.54, 1.807) is 18.2 Å². The van der Waals surface area contributed by atoms with E-state index in [2.05, 4.69) is 5.32 Å². The number of halogens is 2. The van der Waals surface area contributed by atoms with Crippen LogP contribution in [0, 0.1) is 0 Å². The van der Waals surface area contributed by atoms with Crippen molar-refractivity contribution in [2.24, 2.45) is 0 Å². The van der Waals surface area contributed by atoms with E-state index in [-0.39, 0.29) is 17.9 Å². The summed E-state index contributed by atoms with van der Waals surface area (Å²) in [7, 11) is 0. The molecule has 0 heterocycles. The molecule has 0 saturated heterocycles. The van der Waals surface area contributed by atoms with Crippen LogP contribution in [0.15, 0.2) is 18.2 Å². The molecule has 0 radical (unpaired) electrons. The number of hydrogen-bond acceptors (Lipinski definition) is 2. The highest BCUT2D eigenvalue weighted by molar-refractivity contribution is 6.32. The summed E-state index contributed by atoms with van der Waals surface area (Å²) in [5.74, 6) is 0.349. The number of hydrogen-bond donors (Lipinski definition) is 1. The maximum atomic E-state index is 11.1. The van der Waals surface area contributed by atoms with Crippen LogP contribution in [-0.4, -0.2) is 17.9 Å². The monoisotopic (exact) mass is 287 g/mol. The van der Waals surface area contributed by atoms with Gasteiger partial charge in [0.15, 0.2) is 0 Å². The maximum Gasteiger partial charge on any atom is 0.239 e. The number of rotatable bonds is 4. The fourth-order valence-corrected chi connectivity index (χ4v) is 2.35. The summed E-state index contributed by atoms with van der Waals surface area (Å²) in [6.45, 7) is 0. The molecule has 18 heavy (non-hydrogen) atoms. The molecule has 1 aliphatic rings. The number of alkyl halides is 1. The van der Waals surface area contributed by atoms with Gasteiger partial charge in [-0.2, -0.15) is 0 Å². The molecular formula is C13H15Cl2NO2. The topological polar surface area (TPSA) is 38.3 Å². The molecule has 0 spiro atoms. The van der Waals surface area contributed by atoms with Crippen LogP contribution in [0.5, 0.6) is 5.75 Å². The fourth-order valence-electron chi connectivity index (χ4n) is 2.05. The summed E-state index contributed by atoms with van der Waals surface area (Å²) >= 11 is 11.5. The van der Waals surface area contributed by atoms with E-state index < -0.39 is 0 Å². The number of anilines is 1. The maximum absolute atomic E-state index is 11.1. The Labute approximate surface area is 116 Å². The third-order valence-electron chi connectivity index (χ3n) is 2.93. The lowest BCUT2D eigenvalue weighted by Gasteiger charge is -2.15. The lowest BCUT2D eigenvalue weighted by Crippen LogP contribution is -2.13. The van der Waals surface area contributed by atoms with Crippen molar-refractivity contribution in [2.45, 2.75) is 31.8 Å². The van der Waals surface area contributed by atoms with E-state index in [1.165, 1.54) is 12.8 Å². The van der Waals surface area contributed by atoms with Crippen molar-refractivity contribution < 1.29 is 9.53 Å². The van der Waals surface area contributed by atoms with E-state index >= 15 is 0 Å². The van der Waals surface area contributed by atoms with Crippen molar-refractivity contribution in [1.82, 2.24) is 0 Å². The first-order valence-electron chi connectivity index (χ1n) is 6.01. The third kappa shape index (κ3) is 3.53. The Morgan fingerprint density at radius 1 is 1.39 bits per heavy atom. The second-order valence-corrected chi connectivity index (χ2v) is 5.03. The van der Waals surface area contributed by atoms with Gasteiger partial charge in [-0.25, -0.2) is 0 Å². The number of benzene rings is 1. The van der Waals surface area contributed by atoms with Gasteiger partial charge in [-0.3, -0.25) is 4.79 Å². The van der Waals surface area contributed by atoms with Crippen LogP contribution in [0.4, 0.5) is 5.69 Å². The molecule has 98 valence electrons. The quantitative estimate of drug-likeness (QED) is 0.855. The Kier molecular flexibility index (Phi) is 4.72. The summed E-state index contributed by atoms with van der Waals surface area (Å²) in [5, 5.41) is 3.15. The van der Waals surface area contributed by atoms with Crippen LogP contribution in [0.1, 0.15) is 25.7 Å². The number of carbonyl (C=O) groups excluding carboxylic acids is 1. The van der Waals surface area contributed by atoms with Crippen molar-refractivity contribution in [3.63, 3.8) is 0 Å². The smallest absolute Gasteiger partial charge is 0.239 e. The average molecular weight is 288 g/mol. The van der Waals surface area contributed by atoms with E-state index in [4.69, 9.17) is 27.9 Å². The SMILES string of the molecule is O=C(CCl)Nc1ccc(OC2CCCC2)c(Cl)c1. The van der Waals surface area contributed by atoms with E-state index in [0.29, 0.717) is 16.5 Å². The highest BCUT2D eigenvalue weighted by Crippen LogP contribution is 2.31. The molecule has 1 aromatic carbocycles. The molecule has 1 amide bonds. The molecule has 3 nitrogen and oxygen atoms in total. The first kappa shape index (κ1) is 13.5. The van der Waals surface area contributed by atoms with Crippen LogP contribution < -0.4 is 10.1 Å². The molecule has 1 fully saturated rings. The second kappa shape index (κ2) is 6.30. The van der Waals surface area contributed by atoms with Crippen LogP contribution in [-0.2, 0) is 4.79 Å². The number of nitrogens with one attached hydrogen (secondary N) is 1. The summed E-state index contributed by atoms with van der Waals surface area (Å²) in [5.41, 5.74) is 0.629. The third-order valence-corrected chi connectivity index (χ3v) is 3.47. The van der Waals surface area contributed by atoms with Crippen molar-refractivity contribution in [1.29, 1.82) is 0 Å². The van der Waals surface area contributed by atoms with Crippen molar-refractivity contribution in [3.05, 3.63) is 23.2 Å². The Balaban J connectivity index is 2.02. The van der Waals surface area contributed by atoms with Gasteiger partial charge in [-0.15, -0.1) is 11.6 Å². The second-order valence-electron chi connectivity index (χ2n) is 4.35. The molecule has 0 aliphatic heterocycles. The van der Waals surface area contributed by atoms with Crippen LogP contribution in [0.25, 0.3) is 0 Å². The molecule has 2 rings (SSSR count). The van der Waals surface area contributed by atoms with Gasteiger partial charge in [0.2, 0.25) is 5.91 Å². The zero-order valence-electron chi connectivity index (χ0n) is 9.92. The van der Waals surface area contributed by atoms with Crippen LogP contribution in [0.2, 0.25) is 5.02 Å². The fraction of sp³-hybridized carbons (Fsp3) is 0.462. The summed E-state index contributed by atoms with van der Waals surface area (Å²) in [6, 6.07) is 5.22. The molecule has 1 N–H and O–H groups in total. The Hall–Kier alpha value is -0.930. The first-order valence-corrected chi connectivity index (χ1v) is 6.92. The minimum absolute atomic E-state index is 0.0715. The molecule has 0 aromatic heterocycles. The van der Waals surface area contributed by atoms with E-state index in [9.17, 15) is 4.79 Å². The van der Waals surface area contributed by atoms with E-state index in [0.717, 1.165) is 12.8 Å². The molecule has 0 unspecified atom stereocenters. The molecular weight excluding hydrogens is 273 g/mol. The van der Waals surface area contributed by atoms with Crippen LogP contribution >= 0.6 is 23.2 Å². The minimum Gasteiger partial charge on any atom is -0.489 e. The predicted molar refractivity (Wildman–Crippen MR) is 73.7 cm³/mol. The molecule has 0 atom stereocenters.